The number of hydrazine groups is 1. The minimum Gasteiger partial charge on any atom is -0.234 e. The molecule has 0 amide bonds. The van der Waals surface area contributed by atoms with Crippen molar-refractivity contribution >= 4 is 16.5 Å². The van der Waals surface area contributed by atoms with Crippen LogP contribution in [-0.2, 0) is 0 Å². The van der Waals surface area contributed by atoms with Crippen molar-refractivity contribution in [3.63, 3.8) is 0 Å². The van der Waals surface area contributed by atoms with E-state index in [2.05, 4.69) is 4.98 Å². The number of nitrogens with one attached hydrogen (secondary N) is 1. The summed E-state index contributed by atoms with van der Waals surface area (Å²) in [5.41, 5.74) is 2.89. The SMILES string of the molecule is CC(C)c1csc(N[N+](=O)[O-])n1. The molecule has 0 aromatic carbocycles. The fourth-order valence-corrected chi connectivity index (χ4v) is 1.52. The topological polar surface area (TPSA) is 68.1 Å². The van der Waals surface area contributed by atoms with Crippen LogP contribution in [0.15, 0.2) is 5.38 Å². The molecule has 12 heavy (non-hydrogen) atoms. The average molecular weight is 187 g/mol. The molecule has 0 unspecified atom stereocenters. The normalized spacial score (nSPS) is 10.2. The second kappa shape index (κ2) is 3.48. The van der Waals surface area contributed by atoms with Gasteiger partial charge in [0.2, 0.25) is 5.13 Å². The quantitative estimate of drug-likeness (QED) is 0.579. The zero-order valence-electron chi connectivity index (χ0n) is 6.77. The molecule has 1 N–H and O–H groups in total. The van der Waals surface area contributed by atoms with E-state index in [9.17, 15) is 10.1 Å². The Bertz CT molecular complexity index is 284. The maximum absolute atomic E-state index is 10.0. The highest BCUT2D eigenvalue weighted by Crippen LogP contribution is 2.20. The van der Waals surface area contributed by atoms with Crippen LogP contribution in [0.1, 0.15) is 25.5 Å². The lowest BCUT2D eigenvalue weighted by Crippen LogP contribution is -2.07. The number of hydrogen-bond donors (Lipinski definition) is 1. The van der Waals surface area contributed by atoms with Crippen molar-refractivity contribution in [1.29, 1.82) is 0 Å². The average Bonchev–Trinajstić information content (AvgIpc) is 2.34. The summed E-state index contributed by atoms with van der Waals surface area (Å²) in [7, 11) is 0. The molecule has 5 nitrogen and oxygen atoms in total. The standard InChI is InChI=1S/C6H9N3O2S/c1-4(2)5-3-12-6(7-5)8-9(10)11/h3-4H,1-2H3,(H,7,8). The van der Waals surface area contributed by atoms with E-state index in [1.54, 1.807) is 0 Å². The molecule has 0 bridgehead atoms. The predicted octanol–water partition coefficient (Wildman–Crippen LogP) is 1.87. The molecule has 0 fully saturated rings. The minimum absolute atomic E-state index is 0.309. The lowest BCUT2D eigenvalue weighted by Gasteiger charge is -1.95. The van der Waals surface area contributed by atoms with Gasteiger partial charge in [-0.15, -0.1) is 0 Å². The van der Waals surface area contributed by atoms with Gasteiger partial charge >= 0.3 is 0 Å². The Hall–Kier alpha value is -1.17. The van der Waals surface area contributed by atoms with E-state index in [1.165, 1.54) is 11.3 Å². The molecule has 1 heterocycles. The third-order valence-electron chi connectivity index (χ3n) is 1.30. The predicted molar refractivity (Wildman–Crippen MR) is 46.8 cm³/mol. The summed E-state index contributed by atoms with van der Waals surface area (Å²) in [5, 5.41) is 11.6. The summed E-state index contributed by atoms with van der Waals surface area (Å²) in [5.74, 6) is 0.309. The van der Waals surface area contributed by atoms with Gasteiger partial charge in [0.15, 0.2) is 5.03 Å². The van der Waals surface area contributed by atoms with Crippen LogP contribution >= 0.6 is 11.3 Å². The van der Waals surface area contributed by atoms with Crippen molar-refractivity contribution < 1.29 is 5.03 Å². The van der Waals surface area contributed by atoms with Gasteiger partial charge in [0.25, 0.3) is 0 Å². The Labute approximate surface area is 73.6 Å². The smallest absolute Gasteiger partial charge is 0.234 e. The molecule has 0 aliphatic heterocycles. The summed E-state index contributed by atoms with van der Waals surface area (Å²) < 4.78 is 0. The Morgan fingerprint density at radius 1 is 1.75 bits per heavy atom. The number of nitro groups is 1. The number of thiazole rings is 1. The van der Waals surface area contributed by atoms with E-state index in [-0.39, 0.29) is 0 Å². The highest BCUT2D eigenvalue weighted by molar-refractivity contribution is 7.13. The van der Waals surface area contributed by atoms with Crippen LogP contribution in [0.4, 0.5) is 5.13 Å². The minimum atomic E-state index is -0.608. The first-order valence-corrected chi connectivity index (χ1v) is 4.34. The largest absolute Gasteiger partial charge is 0.246 e. The fourth-order valence-electron chi connectivity index (χ4n) is 0.681. The second-order valence-corrected chi connectivity index (χ2v) is 3.46. The van der Waals surface area contributed by atoms with Crippen molar-refractivity contribution in [1.82, 2.24) is 4.98 Å². The monoisotopic (exact) mass is 187 g/mol. The van der Waals surface area contributed by atoms with Gasteiger partial charge in [0.1, 0.15) is 0 Å². The van der Waals surface area contributed by atoms with Crippen molar-refractivity contribution in [2.24, 2.45) is 0 Å². The van der Waals surface area contributed by atoms with Crippen LogP contribution in [0.25, 0.3) is 0 Å². The van der Waals surface area contributed by atoms with Crippen molar-refractivity contribution in [3.8, 4) is 0 Å². The third-order valence-corrected chi connectivity index (χ3v) is 2.07. The Morgan fingerprint density at radius 3 is 2.83 bits per heavy atom. The van der Waals surface area contributed by atoms with E-state index in [1.807, 2.05) is 24.7 Å². The van der Waals surface area contributed by atoms with Crippen molar-refractivity contribution in [2.45, 2.75) is 19.8 Å². The van der Waals surface area contributed by atoms with E-state index < -0.39 is 5.03 Å². The van der Waals surface area contributed by atoms with Crippen LogP contribution in [0.2, 0.25) is 0 Å². The number of hydrogen-bond acceptors (Lipinski definition) is 4. The molecule has 0 atom stereocenters. The summed E-state index contributed by atoms with van der Waals surface area (Å²) in [6.07, 6.45) is 0. The molecule has 0 spiro atoms. The summed E-state index contributed by atoms with van der Waals surface area (Å²) in [4.78, 5) is 14.0. The highest BCUT2D eigenvalue weighted by atomic mass is 32.1. The van der Waals surface area contributed by atoms with Crippen LogP contribution in [-0.4, -0.2) is 10.0 Å². The lowest BCUT2D eigenvalue weighted by atomic mass is 10.2. The van der Waals surface area contributed by atoms with Crippen molar-refractivity contribution in [2.75, 3.05) is 5.43 Å². The molecule has 1 aromatic heterocycles. The van der Waals surface area contributed by atoms with Gasteiger partial charge in [-0.2, -0.15) is 0 Å². The zero-order chi connectivity index (χ0) is 9.14. The van der Waals surface area contributed by atoms with Crippen molar-refractivity contribution in [3.05, 3.63) is 21.2 Å². The highest BCUT2D eigenvalue weighted by Gasteiger charge is 2.07. The van der Waals surface area contributed by atoms with Crippen LogP contribution in [0.5, 0.6) is 0 Å². The first-order chi connectivity index (χ1) is 5.59. The lowest BCUT2D eigenvalue weighted by molar-refractivity contribution is -0.445. The molecule has 0 aliphatic carbocycles. The summed E-state index contributed by atoms with van der Waals surface area (Å²) >= 11 is 1.24. The number of anilines is 1. The molecular weight excluding hydrogens is 178 g/mol. The van der Waals surface area contributed by atoms with Crippen LogP contribution in [0, 0.1) is 10.1 Å². The number of aromatic nitrogens is 1. The second-order valence-electron chi connectivity index (χ2n) is 2.60. The summed E-state index contributed by atoms with van der Waals surface area (Å²) in [6, 6.07) is 0. The molecule has 0 saturated carbocycles. The molecule has 0 aliphatic rings. The molecule has 6 heteroatoms. The summed E-state index contributed by atoms with van der Waals surface area (Å²) in [6.45, 7) is 3.98. The van der Waals surface area contributed by atoms with Gasteiger partial charge in [0.05, 0.1) is 5.69 Å². The third kappa shape index (κ3) is 2.16. The molecule has 66 valence electrons. The first-order valence-electron chi connectivity index (χ1n) is 3.46. The van der Waals surface area contributed by atoms with E-state index in [0.29, 0.717) is 11.0 Å². The molecule has 0 radical (unpaired) electrons. The Balaban J connectivity index is 2.70. The van der Waals surface area contributed by atoms with Gasteiger partial charge in [0, 0.05) is 5.38 Å². The molecule has 1 aromatic rings. The van der Waals surface area contributed by atoms with E-state index in [4.69, 9.17) is 0 Å². The van der Waals surface area contributed by atoms with Gasteiger partial charge in [-0.3, -0.25) is 0 Å². The maximum Gasteiger partial charge on any atom is 0.246 e. The maximum atomic E-state index is 10.0. The first kappa shape index (κ1) is 8.92. The molecular formula is C6H9N3O2S. The van der Waals surface area contributed by atoms with E-state index >= 15 is 0 Å². The van der Waals surface area contributed by atoms with Gasteiger partial charge < -0.3 is 0 Å². The Morgan fingerprint density at radius 2 is 2.42 bits per heavy atom. The zero-order valence-corrected chi connectivity index (χ0v) is 7.59. The molecule has 1 rings (SSSR count). The van der Waals surface area contributed by atoms with E-state index in [0.717, 1.165) is 5.69 Å². The van der Waals surface area contributed by atoms with Crippen LogP contribution in [0.3, 0.4) is 0 Å². The molecule has 0 saturated heterocycles. The van der Waals surface area contributed by atoms with Gasteiger partial charge in [-0.1, -0.05) is 30.6 Å². The fraction of sp³-hybridized carbons (Fsp3) is 0.500. The van der Waals surface area contributed by atoms with Gasteiger partial charge in [-0.25, -0.2) is 15.1 Å². The van der Waals surface area contributed by atoms with Gasteiger partial charge in [-0.05, 0) is 5.92 Å². The van der Waals surface area contributed by atoms with Crippen LogP contribution < -0.4 is 5.43 Å². The number of rotatable bonds is 3. The number of nitrogens with zero attached hydrogens (tertiary/aromatic N) is 2. The Kier molecular flexibility index (Phi) is 2.59.